The highest BCUT2D eigenvalue weighted by Crippen LogP contribution is 2.23. The highest BCUT2D eigenvalue weighted by molar-refractivity contribution is 6.04. The Balaban J connectivity index is 1.67. The molecule has 3 rings (SSSR count). The van der Waals surface area contributed by atoms with E-state index in [4.69, 9.17) is 4.84 Å². The number of para-hydroxylation sites is 1. The normalized spacial score (nSPS) is 17.7. The van der Waals surface area contributed by atoms with E-state index in [1.165, 1.54) is 0 Å². The predicted molar refractivity (Wildman–Crippen MR) is 96.9 cm³/mol. The third kappa shape index (κ3) is 4.56. The van der Waals surface area contributed by atoms with Crippen LogP contribution in [0.15, 0.2) is 71.4 Å². The Bertz CT molecular complexity index is 737. The summed E-state index contributed by atoms with van der Waals surface area (Å²) in [5.74, 6) is 0. The van der Waals surface area contributed by atoms with Crippen molar-refractivity contribution in [2.24, 2.45) is 5.16 Å². The zero-order chi connectivity index (χ0) is 16.6. The van der Waals surface area contributed by atoms with Gasteiger partial charge in [0.1, 0.15) is 0 Å². The number of nitrogens with zero attached hydrogens (tertiary/aromatic N) is 1. The van der Waals surface area contributed by atoms with E-state index in [0.29, 0.717) is 5.69 Å². The molecular weight excluding hydrogens is 300 g/mol. The molecule has 1 fully saturated rings. The molecule has 0 aromatic heterocycles. The second-order valence-corrected chi connectivity index (χ2v) is 5.70. The second kappa shape index (κ2) is 8.11. The monoisotopic (exact) mass is 320 g/mol. The van der Waals surface area contributed by atoms with Crippen molar-refractivity contribution in [2.45, 2.75) is 25.7 Å². The fourth-order valence-corrected chi connectivity index (χ4v) is 2.68. The SMILES string of the molecule is O=C(Nc1ccccc1)O/N=C1/CCCCC1=Cc1ccccc1. The molecule has 0 radical (unpaired) electrons. The van der Waals surface area contributed by atoms with Gasteiger partial charge in [-0.1, -0.05) is 53.7 Å². The number of carbonyl (C=O) groups is 1. The zero-order valence-corrected chi connectivity index (χ0v) is 13.4. The summed E-state index contributed by atoms with van der Waals surface area (Å²) in [7, 11) is 0. The molecule has 0 heterocycles. The zero-order valence-electron chi connectivity index (χ0n) is 13.4. The number of benzene rings is 2. The molecule has 1 saturated carbocycles. The van der Waals surface area contributed by atoms with E-state index in [1.54, 1.807) is 12.1 Å². The van der Waals surface area contributed by atoms with Crippen LogP contribution >= 0.6 is 0 Å². The standard InChI is InChI=1S/C20H20N2O2/c23-20(21-18-12-5-2-6-13-18)24-22-19-14-8-7-11-17(19)15-16-9-3-1-4-10-16/h1-6,9-10,12-13,15H,7-8,11,14H2,(H,21,23)/b17-15?,22-19-. The first-order valence-electron chi connectivity index (χ1n) is 8.17. The summed E-state index contributed by atoms with van der Waals surface area (Å²) in [6.45, 7) is 0. The van der Waals surface area contributed by atoms with Crippen molar-refractivity contribution in [3.8, 4) is 0 Å². The predicted octanol–water partition coefficient (Wildman–Crippen LogP) is 5.25. The van der Waals surface area contributed by atoms with Crippen molar-refractivity contribution in [1.29, 1.82) is 0 Å². The van der Waals surface area contributed by atoms with Crippen LogP contribution in [0.2, 0.25) is 0 Å². The van der Waals surface area contributed by atoms with Gasteiger partial charge in [-0.05, 0) is 55.0 Å². The number of carbonyl (C=O) groups excluding carboxylic acids is 1. The Morgan fingerprint density at radius 2 is 1.62 bits per heavy atom. The van der Waals surface area contributed by atoms with Gasteiger partial charge in [0.05, 0.1) is 5.71 Å². The van der Waals surface area contributed by atoms with Crippen molar-refractivity contribution >= 4 is 23.6 Å². The van der Waals surface area contributed by atoms with Gasteiger partial charge in [0.2, 0.25) is 0 Å². The molecule has 2 aromatic carbocycles. The van der Waals surface area contributed by atoms with Crippen LogP contribution in [0.3, 0.4) is 0 Å². The van der Waals surface area contributed by atoms with Crippen molar-refractivity contribution < 1.29 is 9.63 Å². The maximum Gasteiger partial charge on any atom is 0.437 e. The van der Waals surface area contributed by atoms with Gasteiger partial charge in [0.15, 0.2) is 0 Å². The van der Waals surface area contributed by atoms with Crippen LogP contribution in [-0.4, -0.2) is 11.8 Å². The quantitative estimate of drug-likeness (QED) is 0.620. The fraction of sp³-hybridized carbons (Fsp3) is 0.200. The lowest BCUT2D eigenvalue weighted by Gasteiger charge is -2.16. The molecular formula is C20H20N2O2. The van der Waals surface area contributed by atoms with Gasteiger partial charge in [-0.2, -0.15) is 0 Å². The summed E-state index contributed by atoms with van der Waals surface area (Å²) in [6.07, 6.45) is 5.53. The Morgan fingerprint density at radius 3 is 2.38 bits per heavy atom. The number of allylic oxidation sites excluding steroid dienone is 1. The van der Waals surface area contributed by atoms with Gasteiger partial charge in [-0.25, -0.2) is 4.79 Å². The number of rotatable bonds is 3. The summed E-state index contributed by atoms with van der Waals surface area (Å²) in [4.78, 5) is 16.9. The molecule has 1 amide bonds. The minimum Gasteiger partial charge on any atom is -0.298 e. The average Bonchev–Trinajstić information content (AvgIpc) is 2.63. The van der Waals surface area contributed by atoms with Crippen molar-refractivity contribution in [3.63, 3.8) is 0 Å². The summed E-state index contributed by atoms with van der Waals surface area (Å²) in [5.41, 5.74) is 3.82. The lowest BCUT2D eigenvalue weighted by atomic mass is 9.91. The molecule has 0 spiro atoms. The van der Waals surface area contributed by atoms with Gasteiger partial charge in [0, 0.05) is 5.69 Å². The van der Waals surface area contributed by atoms with E-state index >= 15 is 0 Å². The summed E-state index contributed by atoms with van der Waals surface area (Å²) < 4.78 is 0. The number of hydrogen-bond acceptors (Lipinski definition) is 3. The topological polar surface area (TPSA) is 50.7 Å². The second-order valence-electron chi connectivity index (χ2n) is 5.70. The number of anilines is 1. The number of oxime groups is 1. The minimum absolute atomic E-state index is 0.571. The molecule has 0 aliphatic heterocycles. The van der Waals surface area contributed by atoms with E-state index in [0.717, 1.165) is 42.5 Å². The van der Waals surface area contributed by atoms with Gasteiger partial charge in [-0.15, -0.1) is 0 Å². The van der Waals surface area contributed by atoms with E-state index in [9.17, 15) is 4.79 Å². The molecule has 0 bridgehead atoms. The van der Waals surface area contributed by atoms with E-state index in [-0.39, 0.29) is 0 Å². The smallest absolute Gasteiger partial charge is 0.298 e. The fourth-order valence-electron chi connectivity index (χ4n) is 2.68. The largest absolute Gasteiger partial charge is 0.437 e. The molecule has 1 aliphatic rings. The van der Waals surface area contributed by atoms with Gasteiger partial charge < -0.3 is 0 Å². The van der Waals surface area contributed by atoms with Crippen LogP contribution in [-0.2, 0) is 4.84 Å². The first-order valence-corrected chi connectivity index (χ1v) is 8.17. The van der Waals surface area contributed by atoms with Crippen LogP contribution in [0.25, 0.3) is 6.08 Å². The van der Waals surface area contributed by atoms with Crippen LogP contribution < -0.4 is 5.32 Å². The van der Waals surface area contributed by atoms with Gasteiger partial charge in [0.25, 0.3) is 0 Å². The highest BCUT2D eigenvalue weighted by atomic mass is 16.7. The van der Waals surface area contributed by atoms with Crippen LogP contribution in [0, 0.1) is 0 Å². The molecule has 1 N–H and O–H groups in total. The maximum absolute atomic E-state index is 11.9. The van der Waals surface area contributed by atoms with Crippen LogP contribution in [0.5, 0.6) is 0 Å². The Labute approximate surface area is 141 Å². The van der Waals surface area contributed by atoms with Gasteiger partial charge >= 0.3 is 6.09 Å². The highest BCUT2D eigenvalue weighted by Gasteiger charge is 2.15. The average molecular weight is 320 g/mol. The van der Waals surface area contributed by atoms with Crippen molar-refractivity contribution in [3.05, 3.63) is 71.8 Å². The molecule has 1 aliphatic carbocycles. The molecule has 2 aromatic rings. The molecule has 0 atom stereocenters. The minimum atomic E-state index is -0.571. The molecule has 4 heteroatoms. The van der Waals surface area contributed by atoms with E-state index in [1.807, 2.05) is 36.4 Å². The maximum atomic E-state index is 11.9. The Morgan fingerprint density at radius 1 is 0.958 bits per heavy atom. The molecule has 4 nitrogen and oxygen atoms in total. The number of hydrogen-bond donors (Lipinski definition) is 1. The first-order chi connectivity index (χ1) is 11.8. The number of amides is 1. The Kier molecular flexibility index (Phi) is 5.40. The first kappa shape index (κ1) is 16.0. The van der Waals surface area contributed by atoms with Crippen LogP contribution in [0.4, 0.5) is 10.5 Å². The summed E-state index contributed by atoms with van der Waals surface area (Å²) >= 11 is 0. The molecule has 24 heavy (non-hydrogen) atoms. The van der Waals surface area contributed by atoms with Crippen molar-refractivity contribution in [2.75, 3.05) is 5.32 Å². The third-order valence-corrected chi connectivity index (χ3v) is 3.88. The summed E-state index contributed by atoms with van der Waals surface area (Å²) in [5, 5.41) is 6.75. The number of nitrogens with one attached hydrogen (secondary N) is 1. The summed E-state index contributed by atoms with van der Waals surface area (Å²) in [6, 6.07) is 19.3. The molecule has 122 valence electrons. The van der Waals surface area contributed by atoms with Crippen LogP contribution in [0.1, 0.15) is 31.2 Å². The Hall–Kier alpha value is -2.88. The van der Waals surface area contributed by atoms with Crippen molar-refractivity contribution in [1.82, 2.24) is 0 Å². The van der Waals surface area contributed by atoms with Gasteiger partial charge in [-0.3, -0.25) is 10.2 Å². The lowest BCUT2D eigenvalue weighted by Crippen LogP contribution is -2.14. The van der Waals surface area contributed by atoms with E-state index in [2.05, 4.69) is 28.7 Å². The van der Waals surface area contributed by atoms with E-state index < -0.39 is 6.09 Å². The lowest BCUT2D eigenvalue weighted by molar-refractivity contribution is 0.166. The third-order valence-electron chi connectivity index (χ3n) is 3.88. The molecule has 0 saturated heterocycles. The molecule has 0 unspecified atom stereocenters.